The van der Waals surface area contributed by atoms with Gasteiger partial charge in [-0.25, -0.2) is 4.79 Å². The van der Waals surface area contributed by atoms with Crippen LogP contribution in [0.4, 0.5) is 4.79 Å². The van der Waals surface area contributed by atoms with E-state index in [4.69, 9.17) is 9.47 Å². The fourth-order valence-electron chi connectivity index (χ4n) is 3.21. The van der Waals surface area contributed by atoms with Crippen LogP contribution in [0.25, 0.3) is 0 Å². The molecule has 0 saturated carbocycles. The summed E-state index contributed by atoms with van der Waals surface area (Å²) in [5.74, 6) is -1.85. The fourth-order valence-corrected chi connectivity index (χ4v) is 3.21. The van der Waals surface area contributed by atoms with Gasteiger partial charge in [0.15, 0.2) is 6.61 Å². The monoisotopic (exact) mass is 389 g/mol. The van der Waals surface area contributed by atoms with Crippen LogP contribution >= 0.6 is 0 Å². The number of imide groups is 1. The topological polar surface area (TPSA) is 114 Å². The van der Waals surface area contributed by atoms with E-state index in [2.05, 4.69) is 10.6 Å². The Hall–Kier alpha value is -2.94. The zero-order valence-electron chi connectivity index (χ0n) is 15.6. The van der Waals surface area contributed by atoms with Crippen LogP contribution < -0.4 is 10.6 Å². The van der Waals surface area contributed by atoms with E-state index < -0.39 is 42.5 Å². The number of rotatable bonds is 7. The number of ether oxygens (including phenoxy) is 2. The summed E-state index contributed by atoms with van der Waals surface area (Å²) in [5.41, 5.74) is -0.644. The first-order chi connectivity index (χ1) is 13.4. The molecule has 2 fully saturated rings. The number of hydrogen-bond acceptors (Lipinski definition) is 6. The fraction of sp³-hybridized carbons (Fsp3) is 0.474. The van der Waals surface area contributed by atoms with Gasteiger partial charge in [-0.05, 0) is 25.3 Å². The van der Waals surface area contributed by atoms with Crippen molar-refractivity contribution in [3.63, 3.8) is 0 Å². The summed E-state index contributed by atoms with van der Waals surface area (Å²) in [7, 11) is 0. The lowest BCUT2D eigenvalue weighted by atomic mass is 9.92. The van der Waals surface area contributed by atoms with Crippen LogP contribution in [0.3, 0.4) is 0 Å². The van der Waals surface area contributed by atoms with E-state index in [0.29, 0.717) is 18.7 Å². The molecular weight excluding hydrogens is 366 g/mol. The van der Waals surface area contributed by atoms with E-state index in [-0.39, 0.29) is 6.10 Å². The predicted molar refractivity (Wildman–Crippen MR) is 97.0 cm³/mol. The third-order valence-electron chi connectivity index (χ3n) is 4.83. The number of hydrogen-bond donors (Lipinski definition) is 2. The quantitative estimate of drug-likeness (QED) is 0.512. The van der Waals surface area contributed by atoms with Gasteiger partial charge in [0, 0.05) is 13.2 Å². The van der Waals surface area contributed by atoms with Gasteiger partial charge in [-0.15, -0.1) is 0 Å². The lowest BCUT2D eigenvalue weighted by Gasteiger charge is -2.21. The molecular formula is C19H23N3O6. The first-order valence-electron chi connectivity index (χ1n) is 9.13. The van der Waals surface area contributed by atoms with E-state index in [0.717, 1.165) is 17.7 Å². The highest BCUT2D eigenvalue weighted by atomic mass is 16.5. The number of carbonyl (C=O) groups excluding carboxylic acids is 4. The number of carbonyl (C=O) groups is 4. The Kier molecular flexibility index (Phi) is 5.93. The lowest BCUT2D eigenvalue weighted by molar-refractivity contribution is -0.151. The molecule has 2 N–H and O–H groups in total. The van der Waals surface area contributed by atoms with Crippen LogP contribution in [0.2, 0.25) is 0 Å². The number of esters is 1. The van der Waals surface area contributed by atoms with E-state index in [1.165, 1.54) is 0 Å². The molecule has 3 rings (SSSR count). The molecule has 2 saturated heterocycles. The van der Waals surface area contributed by atoms with Gasteiger partial charge < -0.3 is 20.1 Å². The Morgan fingerprint density at radius 1 is 1.32 bits per heavy atom. The summed E-state index contributed by atoms with van der Waals surface area (Å²) in [5, 5.41) is 5.23. The molecule has 0 radical (unpaired) electrons. The van der Waals surface area contributed by atoms with Crippen molar-refractivity contribution in [3.8, 4) is 0 Å². The standard InChI is InChI=1S/C19H23N3O6/c1-19(13-6-3-2-4-7-13)17(25)22(18(26)21-19)11-16(24)28-12-15(23)20-10-14-8-5-9-27-14/h2-4,6-7,14H,5,8-12H2,1H3,(H,20,23)(H,21,26)/t14-,19+/m1/s1. The second-order valence-electron chi connectivity index (χ2n) is 6.91. The third kappa shape index (κ3) is 4.30. The molecule has 28 heavy (non-hydrogen) atoms. The van der Waals surface area contributed by atoms with Crippen molar-refractivity contribution in [2.75, 3.05) is 26.3 Å². The second kappa shape index (κ2) is 8.39. The number of benzene rings is 1. The van der Waals surface area contributed by atoms with E-state index in [9.17, 15) is 19.2 Å². The normalized spacial score (nSPS) is 24.2. The summed E-state index contributed by atoms with van der Waals surface area (Å²) in [6, 6.07) is 8.07. The summed E-state index contributed by atoms with van der Waals surface area (Å²) >= 11 is 0. The van der Waals surface area contributed by atoms with Gasteiger partial charge in [0.2, 0.25) is 0 Å². The molecule has 150 valence electrons. The molecule has 4 amide bonds. The smallest absolute Gasteiger partial charge is 0.326 e. The van der Waals surface area contributed by atoms with E-state index in [1.54, 1.807) is 37.3 Å². The predicted octanol–water partition coefficient (Wildman–Crippen LogP) is 0.292. The molecule has 0 aliphatic carbocycles. The van der Waals surface area contributed by atoms with Crippen molar-refractivity contribution in [2.24, 2.45) is 0 Å². The zero-order chi connectivity index (χ0) is 20.1. The highest BCUT2D eigenvalue weighted by Gasteiger charge is 2.49. The molecule has 1 aromatic carbocycles. The van der Waals surface area contributed by atoms with Gasteiger partial charge in [0.05, 0.1) is 6.10 Å². The summed E-state index contributed by atoms with van der Waals surface area (Å²) < 4.78 is 10.3. The molecule has 9 heteroatoms. The Morgan fingerprint density at radius 2 is 2.07 bits per heavy atom. The molecule has 2 heterocycles. The number of amides is 4. The first kappa shape index (κ1) is 19.8. The number of urea groups is 1. The Morgan fingerprint density at radius 3 is 2.75 bits per heavy atom. The number of nitrogens with one attached hydrogen (secondary N) is 2. The minimum Gasteiger partial charge on any atom is -0.454 e. The Bertz CT molecular complexity index is 762. The minimum atomic E-state index is -1.25. The van der Waals surface area contributed by atoms with Crippen molar-refractivity contribution in [2.45, 2.75) is 31.4 Å². The maximum atomic E-state index is 12.7. The molecule has 0 spiro atoms. The SMILES string of the molecule is C[C@@]1(c2ccccc2)NC(=O)N(CC(=O)OCC(=O)NC[C@H]2CCCO2)C1=O. The van der Waals surface area contributed by atoms with Gasteiger partial charge in [-0.3, -0.25) is 19.3 Å². The van der Waals surface area contributed by atoms with Crippen LogP contribution in [-0.4, -0.2) is 61.1 Å². The third-order valence-corrected chi connectivity index (χ3v) is 4.83. The van der Waals surface area contributed by atoms with Crippen molar-refractivity contribution in [1.82, 2.24) is 15.5 Å². The highest BCUT2D eigenvalue weighted by Crippen LogP contribution is 2.28. The molecule has 9 nitrogen and oxygen atoms in total. The molecule has 2 aliphatic heterocycles. The van der Waals surface area contributed by atoms with Gasteiger partial charge >= 0.3 is 12.0 Å². The van der Waals surface area contributed by atoms with Gasteiger partial charge in [0.25, 0.3) is 11.8 Å². The summed E-state index contributed by atoms with van der Waals surface area (Å²) in [6.07, 6.45) is 1.83. The number of nitrogens with zero attached hydrogens (tertiary/aromatic N) is 1. The zero-order valence-corrected chi connectivity index (χ0v) is 15.6. The van der Waals surface area contributed by atoms with Crippen LogP contribution in [-0.2, 0) is 29.4 Å². The van der Waals surface area contributed by atoms with Crippen LogP contribution in [0.5, 0.6) is 0 Å². The van der Waals surface area contributed by atoms with Crippen molar-refractivity contribution in [1.29, 1.82) is 0 Å². The second-order valence-corrected chi connectivity index (χ2v) is 6.91. The molecule has 2 aliphatic rings. The summed E-state index contributed by atoms with van der Waals surface area (Å²) in [6.45, 7) is 1.58. The van der Waals surface area contributed by atoms with E-state index >= 15 is 0 Å². The molecule has 0 bridgehead atoms. The van der Waals surface area contributed by atoms with Crippen molar-refractivity contribution in [3.05, 3.63) is 35.9 Å². The van der Waals surface area contributed by atoms with Crippen molar-refractivity contribution >= 4 is 23.8 Å². The van der Waals surface area contributed by atoms with Gasteiger partial charge in [-0.2, -0.15) is 0 Å². The van der Waals surface area contributed by atoms with Gasteiger partial charge in [0.1, 0.15) is 12.1 Å². The van der Waals surface area contributed by atoms with E-state index in [1.807, 2.05) is 0 Å². The van der Waals surface area contributed by atoms with Crippen molar-refractivity contribution < 1.29 is 28.7 Å². The average Bonchev–Trinajstić information content (AvgIpc) is 3.29. The molecule has 0 aromatic heterocycles. The largest absolute Gasteiger partial charge is 0.454 e. The van der Waals surface area contributed by atoms with Gasteiger partial charge in [-0.1, -0.05) is 30.3 Å². The summed E-state index contributed by atoms with van der Waals surface area (Å²) in [4.78, 5) is 49.4. The molecule has 2 atom stereocenters. The van der Waals surface area contributed by atoms with Crippen LogP contribution in [0.15, 0.2) is 30.3 Å². The lowest BCUT2D eigenvalue weighted by Crippen LogP contribution is -2.42. The maximum absolute atomic E-state index is 12.7. The molecule has 1 aromatic rings. The first-order valence-corrected chi connectivity index (χ1v) is 9.13. The highest BCUT2D eigenvalue weighted by molar-refractivity contribution is 6.08. The minimum absolute atomic E-state index is 0.0127. The molecule has 0 unspecified atom stereocenters. The maximum Gasteiger partial charge on any atom is 0.326 e. The van der Waals surface area contributed by atoms with Crippen LogP contribution in [0, 0.1) is 0 Å². The Labute approximate surface area is 162 Å². The van der Waals surface area contributed by atoms with Crippen LogP contribution in [0.1, 0.15) is 25.3 Å². The Balaban J connectivity index is 1.49. The average molecular weight is 389 g/mol.